The van der Waals surface area contributed by atoms with Gasteiger partial charge in [-0.2, -0.15) is 5.26 Å². The number of hydrogen-bond acceptors (Lipinski definition) is 4. The van der Waals surface area contributed by atoms with Crippen molar-refractivity contribution in [1.29, 1.82) is 5.26 Å². The normalized spacial score (nSPS) is 12.2. The van der Waals surface area contributed by atoms with Gasteiger partial charge in [0.15, 0.2) is 0 Å². The van der Waals surface area contributed by atoms with Crippen molar-refractivity contribution in [3.63, 3.8) is 0 Å². The molecule has 2 rings (SSSR count). The maximum atomic E-state index is 9.00. The predicted molar refractivity (Wildman–Crippen MR) is 77.7 cm³/mol. The number of nitrogens with zero attached hydrogens (tertiary/aromatic N) is 4. The van der Waals surface area contributed by atoms with Gasteiger partial charge in [0.05, 0.1) is 34.1 Å². The molecule has 0 fully saturated rings. The average Bonchev–Trinajstić information content (AvgIpc) is 2.90. The van der Waals surface area contributed by atoms with Crippen molar-refractivity contribution in [3.05, 3.63) is 40.2 Å². The SMILES string of the molecule is CCc1c(C(N)CC)nnn1-c1cc(C#N)ccc1Cl. The van der Waals surface area contributed by atoms with E-state index in [4.69, 9.17) is 22.6 Å². The van der Waals surface area contributed by atoms with Crippen LogP contribution in [0.1, 0.15) is 43.3 Å². The summed E-state index contributed by atoms with van der Waals surface area (Å²) >= 11 is 6.21. The lowest BCUT2D eigenvalue weighted by atomic mass is 10.1. The van der Waals surface area contributed by atoms with Gasteiger partial charge in [-0.05, 0) is 31.0 Å². The number of benzene rings is 1. The maximum absolute atomic E-state index is 9.00. The second-order valence-electron chi connectivity index (χ2n) is 4.48. The van der Waals surface area contributed by atoms with Crippen molar-refractivity contribution in [2.45, 2.75) is 32.7 Å². The molecule has 0 amide bonds. The Morgan fingerprint density at radius 2 is 2.20 bits per heavy atom. The molecule has 1 heterocycles. The van der Waals surface area contributed by atoms with E-state index in [9.17, 15) is 0 Å². The fraction of sp³-hybridized carbons (Fsp3) is 0.357. The molecule has 0 saturated heterocycles. The van der Waals surface area contributed by atoms with E-state index in [-0.39, 0.29) is 6.04 Å². The zero-order valence-corrected chi connectivity index (χ0v) is 12.2. The zero-order chi connectivity index (χ0) is 14.7. The van der Waals surface area contributed by atoms with Crippen molar-refractivity contribution >= 4 is 11.6 Å². The van der Waals surface area contributed by atoms with E-state index in [0.29, 0.717) is 16.3 Å². The van der Waals surface area contributed by atoms with Crippen LogP contribution in [0.25, 0.3) is 5.69 Å². The number of hydrogen-bond donors (Lipinski definition) is 1. The van der Waals surface area contributed by atoms with Gasteiger partial charge in [-0.1, -0.05) is 30.7 Å². The third kappa shape index (κ3) is 2.53. The molecule has 1 unspecified atom stereocenters. The molecule has 0 aliphatic carbocycles. The summed E-state index contributed by atoms with van der Waals surface area (Å²) in [5.41, 5.74) is 8.96. The van der Waals surface area contributed by atoms with Gasteiger partial charge in [-0.25, -0.2) is 4.68 Å². The van der Waals surface area contributed by atoms with E-state index in [2.05, 4.69) is 16.4 Å². The Labute approximate surface area is 123 Å². The molecule has 1 aromatic heterocycles. The summed E-state index contributed by atoms with van der Waals surface area (Å²) < 4.78 is 1.67. The Hall–Kier alpha value is -1.90. The Bertz CT molecular complexity index is 656. The second kappa shape index (κ2) is 6.04. The van der Waals surface area contributed by atoms with Gasteiger partial charge in [0, 0.05) is 0 Å². The predicted octanol–water partition coefficient (Wildman–Crippen LogP) is 2.76. The molecule has 1 aromatic carbocycles. The summed E-state index contributed by atoms with van der Waals surface area (Å²) in [5, 5.41) is 17.9. The third-order valence-corrected chi connectivity index (χ3v) is 3.54. The fourth-order valence-corrected chi connectivity index (χ4v) is 2.26. The van der Waals surface area contributed by atoms with Gasteiger partial charge in [0.25, 0.3) is 0 Å². The van der Waals surface area contributed by atoms with Crippen LogP contribution in [0.5, 0.6) is 0 Å². The molecule has 0 saturated carbocycles. The number of aromatic nitrogens is 3. The van der Waals surface area contributed by atoms with Gasteiger partial charge < -0.3 is 5.73 Å². The van der Waals surface area contributed by atoms with E-state index in [0.717, 1.165) is 24.2 Å². The van der Waals surface area contributed by atoms with Gasteiger partial charge in [0.1, 0.15) is 5.69 Å². The number of nitriles is 1. The highest BCUT2D eigenvalue weighted by atomic mass is 35.5. The van der Waals surface area contributed by atoms with Crippen molar-refractivity contribution in [2.75, 3.05) is 0 Å². The summed E-state index contributed by atoms with van der Waals surface area (Å²) in [7, 11) is 0. The molecule has 20 heavy (non-hydrogen) atoms. The highest BCUT2D eigenvalue weighted by Gasteiger charge is 2.18. The van der Waals surface area contributed by atoms with E-state index in [1.807, 2.05) is 13.8 Å². The molecule has 5 nitrogen and oxygen atoms in total. The molecule has 0 radical (unpaired) electrons. The van der Waals surface area contributed by atoms with Gasteiger partial charge in [-0.15, -0.1) is 5.10 Å². The minimum atomic E-state index is -0.142. The van der Waals surface area contributed by atoms with Crippen molar-refractivity contribution in [2.24, 2.45) is 5.73 Å². The molecule has 0 aliphatic heterocycles. The molecular weight excluding hydrogens is 274 g/mol. The van der Waals surface area contributed by atoms with Crippen molar-refractivity contribution < 1.29 is 0 Å². The third-order valence-electron chi connectivity index (χ3n) is 3.22. The van der Waals surface area contributed by atoms with Gasteiger partial charge >= 0.3 is 0 Å². The lowest BCUT2D eigenvalue weighted by molar-refractivity contribution is 0.665. The number of nitrogens with two attached hydrogens (primary N) is 1. The molecule has 1 atom stereocenters. The molecule has 2 N–H and O–H groups in total. The standard InChI is InChI=1S/C14H16ClN5/c1-3-11(17)14-12(4-2)20(19-18-14)13-7-9(8-16)5-6-10(13)15/h5-7,11H,3-4,17H2,1-2H3. The molecule has 104 valence electrons. The first-order valence-electron chi connectivity index (χ1n) is 6.52. The number of rotatable bonds is 4. The highest BCUT2D eigenvalue weighted by molar-refractivity contribution is 6.32. The number of halogens is 1. The van der Waals surface area contributed by atoms with E-state index in [1.165, 1.54) is 0 Å². The summed E-state index contributed by atoms with van der Waals surface area (Å²) in [5.74, 6) is 0. The molecular formula is C14H16ClN5. The van der Waals surface area contributed by atoms with Gasteiger partial charge in [0.2, 0.25) is 0 Å². The largest absolute Gasteiger partial charge is 0.323 e. The maximum Gasteiger partial charge on any atom is 0.103 e. The lowest BCUT2D eigenvalue weighted by Gasteiger charge is -2.10. The monoisotopic (exact) mass is 289 g/mol. The molecule has 0 aliphatic rings. The van der Waals surface area contributed by atoms with Crippen LogP contribution >= 0.6 is 11.6 Å². The first kappa shape index (κ1) is 14.5. The quantitative estimate of drug-likeness (QED) is 0.938. The van der Waals surface area contributed by atoms with Crippen molar-refractivity contribution in [1.82, 2.24) is 15.0 Å². The Kier molecular flexibility index (Phi) is 4.38. The first-order chi connectivity index (χ1) is 9.62. The fourth-order valence-electron chi connectivity index (χ4n) is 2.06. The second-order valence-corrected chi connectivity index (χ2v) is 4.89. The molecule has 2 aromatic rings. The average molecular weight is 290 g/mol. The van der Waals surface area contributed by atoms with E-state index in [1.54, 1.807) is 22.9 Å². The van der Waals surface area contributed by atoms with E-state index >= 15 is 0 Å². The van der Waals surface area contributed by atoms with Crippen molar-refractivity contribution in [3.8, 4) is 11.8 Å². The minimum Gasteiger partial charge on any atom is -0.323 e. The topological polar surface area (TPSA) is 80.5 Å². The Morgan fingerprint density at radius 3 is 2.80 bits per heavy atom. The summed E-state index contributed by atoms with van der Waals surface area (Å²) in [4.78, 5) is 0. The van der Waals surface area contributed by atoms with Crippen LogP contribution in [-0.4, -0.2) is 15.0 Å². The Morgan fingerprint density at radius 1 is 1.45 bits per heavy atom. The molecule has 0 bridgehead atoms. The van der Waals surface area contributed by atoms with Crippen LogP contribution < -0.4 is 5.73 Å². The summed E-state index contributed by atoms with van der Waals surface area (Å²) in [6.45, 7) is 4.02. The smallest absolute Gasteiger partial charge is 0.103 e. The molecule has 0 spiro atoms. The zero-order valence-electron chi connectivity index (χ0n) is 11.5. The minimum absolute atomic E-state index is 0.142. The highest BCUT2D eigenvalue weighted by Crippen LogP contribution is 2.25. The van der Waals surface area contributed by atoms with Crippen LogP contribution in [0, 0.1) is 11.3 Å². The summed E-state index contributed by atoms with van der Waals surface area (Å²) in [6, 6.07) is 7.03. The van der Waals surface area contributed by atoms with Gasteiger partial charge in [-0.3, -0.25) is 0 Å². The van der Waals surface area contributed by atoms with Crippen LogP contribution in [0.2, 0.25) is 5.02 Å². The van der Waals surface area contributed by atoms with Crippen LogP contribution in [0.4, 0.5) is 0 Å². The van der Waals surface area contributed by atoms with E-state index < -0.39 is 0 Å². The van der Waals surface area contributed by atoms with Crippen LogP contribution in [-0.2, 0) is 6.42 Å². The lowest BCUT2D eigenvalue weighted by Crippen LogP contribution is -2.12. The van der Waals surface area contributed by atoms with Crippen LogP contribution in [0.15, 0.2) is 18.2 Å². The Balaban J connectivity index is 2.59. The summed E-state index contributed by atoms with van der Waals surface area (Å²) in [6.07, 6.45) is 1.53. The first-order valence-corrected chi connectivity index (χ1v) is 6.90. The van der Waals surface area contributed by atoms with Crippen LogP contribution in [0.3, 0.4) is 0 Å². The molecule has 6 heteroatoms.